The van der Waals surface area contributed by atoms with E-state index in [1.54, 1.807) is 24.3 Å². The topological polar surface area (TPSA) is 70.0 Å². The van der Waals surface area contributed by atoms with Gasteiger partial charge in [-0.05, 0) is 48.2 Å². The molecule has 0 unspecified atom stereocenters. The molecule has 22 heavy (non-hydrogen) atoms. The van der Waals surface area contributed by atoms with Gasteiger partial charge >= 0.3 is 0 Å². The van der Waals surface area contributed by atoms with Crippen molar-refractivity contribution in [3.8, 4) is 6.07 Å². The number of nitrogens with zero attached hydrogens (tertiary/aromatic N) is 1. The van der Waals surface area contributed by atoms with E-state index in [0.29, 0.717) is 17.2 Å². The smallest absolute Gasteiger partial charge is 0.261 e. The summed E-state index contributed by atoms with van der Waals surface area (Å²) in [6, 6.07) is 15.3. The molecule has 0 spiro atoms. The first-order valence-electron chi connectivity index (χ1n) is 7.09. The minimum atomic E-state index is -3.69. The average Bonchev–Trinajstić information content (AvgIpc) is 2.54. The lowest BCUT2D eigenvalue weighted by molar-refractivity contribution is 0.601. The maximum Gasteiger partial charge on any atom is 0.261 e. The number of sulfonamides is 1. The number of nitrogens with one attached hydrogen (secondary N) is 1. The van der Waals surface area contributed by atoms with Crippen molar-refractivity contribution in [2.75, 3.05) is 4.72 Å². The maximum atomic E-state index is 12.3. The van der Waals surface area contributed by atoms with Gasteiger partial charge in [0.15, 0.2) is 0 Å². The van der Waals surface area contributed by atoms with Gasteiger partial charge in [0, 0.05) is 5.69 Å². The fraction of sp³-hybridized carbons (Fsp3) is 0.235. The highest BCUT2D eigenvalue weighted by atomic mass is 32.2. The first kappa shape index (κ1) is 16.1. The van der Waals surface area contributed by atoms with Crippen LogP contribution < -0.4 is 4.72 Å². The summed E-state index contributed by atoms with van der Waals surface area (Å²) in [7, 11) is -3.69. The molecule has 2 rings (SSSR count). The van der Waals surface area contributed by atoms with Crippen LogP contribution in [0.25, 0.3) is 0 Å². The van der Waals surface area contributed by atoms with Crippen LogP contribution in [0, 0.1) is 11.3 Å². The molecule has 114 valence electrons. The Bertz CT molecular complexity index is 790. The van der Waals surface area contributed by atoms with Crippen LogP contribution in [0.15, 0.2) is 53.4 Å². The predicted molar refractivity (Wildman–Crippen MR) is 87.1 cm³/mol. The van der Waals surface area contributed by atoms with E-state index < -0.39 is 10.0 Å². The van der Waals surface area contributed by atoms with Gasteiger partial charge in [-0.2, -0.15) is 5.26 Å². The van der Waals surface area contributed by atoms with Gasteiger partial charge in [-0.3, -0.25) is 4.72 Å². The minimum absolute atomic E-state index is 0.0811. The lowest BCUT2D eigenvalue weighted by Gasteiger charge is -2.11. The molecule has 0 aliphatic carbocycles. The summed E-state index contributed by atoms with van der Waals surface area (Å²) in [5.74, 6) is 0.443. The summed E-state index contributed by atoms with van der Waals surface area (Å²) < 4.78 is 27.2. The normalized spacial score (nSPS) is 12.4. The lowest BCUT2D eigenvalue weighted by Crippen LogP contribution is -2.13. The molecular weight excluding hydrogens is 296 g/mol. The third-order valence-electron chi connectivity index (χ3n) is 3.62. The highest BCUT2D eigenvalue weighted by Crippen LogP contribution is 2.22. The van der Waals surface area contributed by atoms with E-state index in [0.717, 1.165) is 6.42 Å². The number of hydrogen-bond donors (Lipinski definition) is 1. The van der Waals surface area contributed by atoms with Crippen LogP contribution in [0.4, 0.5) is 5.69 Å². The Kier molecular flexibility index (Phi) is 4.84. The number of rotatable bonds is 5. The monoisotopic (exact) mass is 314 g/mol. The molecular formula is C17H18N2O2S. The van der Waals surface area contributed by atoms with Crippen LogP contribution in [-0.2, 0) is 10.0 Å². The molecule has 0 fully saturated rings. The molecule has 0 heterocycles. The molecule has 0 saturated heterocycles. The molecule has 2 aromatic rings. The number of anilines is 1. The van der Waals surface area contributed by atoms with E-state index in [4.69, 9.17) is 5.26 Å². The van der Waals surface area contributed by atoms with E-state index in [2.05, 4.69) is 18.6 Å². The third kappa shape index (κ3) is 3.66. The minimum Gasteiger partial charge on any atom is -0.280 e. The van der Waals surface area contributed by atoms with Crippen molar-refractivity contribution in [2.24, 2.45) is 0 Å². The van der Waals surface area contributed by atoms with Crippen LogP contribution in [0.1, 0.15) is 37.3 Å². The van der Waals surface area contributed by atoms with Crippen LogP contribution in [0.5, 0.6) is 0 Å². The summed E-state index contributed by atoms with van der Waals surface area (Å²) in [4.78, 5) is 0.0811. The second-order valence-corrected chi connectivity index (χ2v) is 6.86. The van der Waals surface area contributed by atoms with Crippen molar-refractivity contribution in [2.45, 2.75) is 31.1 Å². The second-order valence-electron chi connectivity index (χ2n) is 5.18. The van der Waals surface area contributed by atoms with Gasteiger partial charge in [-0.1, -0.05) is 32.0 Å². The largest absolute Gasteiger partial charge is 0.280 e. The molecule has 0 amide bonds. The molecule has 5 heteroatoms. The zero-order chi connectivity index (χ0) is 16.2. The Morgan fingerprint density at radius 1 is 1.18 bits per heavy atom. The highest BCUT2D eigenvalue weighted by Gasteiger charge is 2.14. The van der Waals surface area contributed by atoms with Crippen LogP contribution >= 0.6 is 0 Å². The van der Waals surface area contributed by atoms with Crippen molar-refractivity contribution < 1.29 is 8.42 Å². The Labute approximate surface area is 131 Å². The third-order valence-corrected chi connectivity index (χ3v) is 5.00. The Balaban J connectivity index is 2.23. The molecule has 0 aromatic heterocycles. The second kappa shape index (κ2) is 6.63. The van der Waals surface area contributed by atoms with Gasteiger partial charge in [-0.15, -0.1) is 0 Å². The maximum absolute atomic E-state index is 12.3. The number of benzene rings is 2. The Morgan fingerprint density at radius 2 is 1.86 bits per heavy atom. The summed E-state index contributed by atoms with van der Waals surface area (Å²) in [5.41, 5.74) is 2.00. The van der Waals surface area contributed by atoms with Crippen LogP contribution in [-0.4, -0.2) is 8.42 Å². The quantitative estimate of drug-likeness (QED) is 0.910. The van der Waals surface area contributed by atoms with Gasteiger partial charge in [0.2, 0.25) is 0 Å². The Morgan fingerprint density at radius 3 is 2.45 bits per heavy atom. The molecule has 0 radical (unpaired) electrons. The molecule has 2 aromatic carbocycles. The molecule has 0 aliphatic rings. The van der Waals surface area contributed by atoms with E-state index >= 15 is 0 Å². The fourth-order valence-electron chi connectivity index (χ4n) is 2.06. The zero-order valence-electron chi connectivity index (χ0n) is 12.6. The van der Waals surface area contributed by atoms with E-state index in [-0.39, 0.29) is 4.90 Å². The van der Waals surface area contributed by atoms with Gasteiger partial charge in [0.1, 0.15) is 0 Å². The van der Waals surface area contributed by atoms with Gasteiger partial charge < -0.3 is 0 Å². The number of nitriles is 1. The first-order chi connectivity index (χ1) is 10.5. The fourth-order valence-corrected chi connectivity index (χ4v) is 3.17. The van der Waals surface area contributed by atoms with Gasteiger partial charge in [0.05, 0.1) is 16.5 Å². The predicted octanol–water partition coefficient (Wildman–Crippen LogP) is 3.87. The Hall–Kier alpha value is -2.32. The standard InChI is InChI=1S/C17H18N2O2S/c1-3-13(2)15-7-9-16(10-8-15)19-22(20,21)17-6-4-5-14(11-17)12-18/h4-11,13,19H,3H2,1-2H3/t13-/m0/s1. The summed E-state index contributed by atoms with van der Waals surface area (Å²) in [5, 5.41) is 8.86. The first-order valence-corrected chi connectivity index (χ1v) is 8.57. The lowest BCUT2D eigenvalue weighted by atomic mass is 9.99. The van der Waals surface area contributed by atoms with Crippen molar-refractivity contribution >= 4 is 15.7 Å². The molecule has 0 aliphatic heterocycles. The summed E-state index contributed by atoms with van der Waals surface area (Å²) in [6.07, 6.45) is 1.03. The molecule has 0 saturated carbocycles. The van der Waals surface area contributed by atoms with Crippen LogP contribution in [0.2, 0.25) is 0 Å². The summed E-state index contributed by atoms with van der Waals surface area (Å²) >= 11 is 0. The molecule has 1 atom stereocenters. The van der Waals surface area contributed by atoms with Crippen LogP contribution in [0.3, 0.4) is 0 Å². The van der Waals surface area contributed by atoms with E-state index in [9.17, 15) is 8.42 Å². The average molecular weight is 314 g/mol. The molecule has 0 bridgehead atoms. The van der Waals surface area contributed by atoms with E-state index in [1.165, 1.54) is 17.7 Å². The van der Waals surface area contributed by atoms with Crippen molar-refractivity contribution in [1.29, 1.82) is 5.26 Å². The summed E-state index contributed by atoms with van der Waals surface area (Å²) in [6.45, 7) is 4.25. The van der Waals surface area contributed by atoms with Gasteiger partial charge in [0.25, 0.3) is 10.0 Å². The zero-order valence-corrected chi connectivity index (χ0v) is 13.4. The molecule has 1 N–H and O–H groups in total. The van der Waals surface area contributed by atoms with Crippen molar-refractivity contribution in [3.05, 3.63) is 59.7 Å². The molecule has 4 nitrogen and oxygen atoms in total. The SMILES string of the molecule is CC[C@H](C)c1ccc(NS(=O)(=O)c2cccc(C#N)c2)cc1. The highest BCUT2D eigenvalue weighted by molar-refractivity contribution is 7.92. The number of hydrogen-bond acceptors (Lipinski definition) is 3. The van der Waals surface area contributed by atoms with Crippen molar-refractivity contribution in [1.82, 2.24) is 0 Å². The van der Waals surface area contributed by atoms with Crippen molar-refractivity contribution in [3.63, 3.8) is 0 Å². The van der Waals surface area contributed by atoms with Gasteiger partial charge in [-0.25, -0.2) is 8.42 Å². The van der Waals surface area contributed by atoms with E-state index in [1.807, 2.05) is 18.2 Å².